The molecule has 7 heteroatoms. The average Bonchev–Trinajstić information content (AvgIpc) is 3.33. The van der Waals surface area contributed by atoms with E-state index in [0.717, 1.165) is 5.56 Å². The first kappa shape index (κ1) is 17.8. The minimum Gasteiger partial charge on any atom is -0.467 e. The molecule has 1 aromatic carbocycles. The Bertz CT molecular complexity index is 597. The Morgan fingerprint density at radius 2 is 2.00 bits per heavy atom. The third-order valence-electron chi connectivity index (χ3n) is 3.75. The lowest BCUT2D eigenvalue weighted by atomic mass is 10.1. The number of carbonyl (C=O) groups excluding carboxylic acids is 2. The van der Waals surface area contributed by atoms with Crippen LogP contribution >= 0.6 is 0 Å². The number of esters is 1. The molecule has 0 aromatic heterocycles. The highest BCUT2D eigenvalue weighted by molar-refractivity contribution is 5.82. The number of nitrogens with zero attached hydrogens (tertiary/aromatic N) is 2. The molecule has 1 atom stereocenters. The van der Waals surface area contributed by atoms with E-state index in [1.807, 2.05) is 30.3 Å². The number of benzene rings is 1. The summed E-state index contributed by atoms with van der Waals surface area (Å²) in [5.41, 5.74) is 0.167. The molecular weight excluding hydrogens is 310 g/mol. The number of hydrogen-bond donors (Lipinski definition) is 1. The van der Waals surface area contributed by atoms with E-state index in [2.05, 4.69) is 10.3 Å². The van der Waals surface area contributed by atoms with Gasteiger partial charge in [-0.1, -0.05) is 30.3 Å². The molecule has 130 valence electrons. The van der Waals surface area contributed by atoms with E-state index in [9.17, 15) is 9.59 Å². The van der Waals surface area contributed by atoms with Crippen molar-refractivity contribution in [1.29, 1.82) is 0 Å². The van der Waals surface area contributed by atoms with Gasteiger partial charge in [0.15, 0.2) is 6.04 Å². The molecule has 0 heterocycles. The van der Waals surface area contributed by atoms with Crippen LogP contribution in [-0.2, 0) is 20.9 Å². The van der Waals surface area contributed by atoms with Crippen molar-refractivity contribution in [1.82, 2.24) is 10.2 Å². The fourth-order valence-electron chi connectivity index (χ4n) is 2.30. The van der Waals surface area contributed by atoms with Crippen molar-refractivity contribution in [3.8, 4) is 0 Å². The zero-order valence-corrected chi connectivity index (χ0v) is 14.2. The van der Waals surface area contributed by atoms with Gasteiger partial charge in [0, 0.05) is 14.1 Å². The minimum absolute atomic E-state index is 0.173. The monoisotopic (exact) mass is 333 g/mol. The highest BCUT2D eigenvalue weighted by Crippen LogP contribution is 2.41. The van der Waals surface area contributed by atoms with Crippen molar-refractivity contribution >= 4 is 18.4 Å². The number of ether oxygens (including phenoxy) is 2. The Balaban J connectivity index is 1.97. The molecule has 1 saturated carbocycles. The molecule has 1 N–H and O–H groups in total. The summed E-state index contributed by atoms with van der Waals surface area (Å²) in [6, 6.07) is 8.61. The standard InChI is InChI=1S/C17H23N3O4/c1-20(2)12-18-14(15(21)23-3)17(9-10-17)19-16(22)24-11-13-7-5-4-6-8-13/h4-8,12,14H,9-11H2,1-3H3,(H,19,22). The Morgan fingerprint density at radius 3 is 2.54 bits per heavy atom. The van der Waals surface area contributed by atoms with Gasteiger partial charge in [-0.3, -0.25) is 4.99 Å². The number of rotatable bonds is 7. The van der Waals surface area contributed by atoms with Crippen LogP contribution in [0.25, 0.3) is 0 Å². The fraction of sp³-hybridized carbons (Fsp3) is 0.471. The SMILES string of the molecule is COC(=O)C(N=CN(C)C)C1(NC(=O)OCc2ccccc2)CC1. The van der Waals surface area contributed by atoms with E-state index in [4.69, 9.17) is 9.47 Å². The zero-order chi connectivity index (χ0) is 17.6. The largest absolute Gasteiger partial charge is 0.467 e. The summed E-state index contributed by atoms with van der Waals surface area (Å²) in [6.07, 6.45) is 2.28. The molecule has 1 amide bonds. The lowest BCUT2D eigenvalue weighted by Gasteiger charge is -2.23. The lowest BCUT2D eigenvalue weighted by Crippen LogP contribution is -2.49. The molecule has 7 nitrogen and oxygen atoms in total. The number of hydrogen-bond acceptors (Lipinski definition) is 5. The second kappa shape index (κ2) is 7.81. The first-order chi connectivity index (χ1) is 11.5. The topological polar surface area (TPSA) is 80.2 Å². The number of nitrogens with one attached hydrogen (secondary N) is 1. The van der Waals surface area contributed by atoms with Crippen LogP contribution in [0.3, 0.4) is 0 Å². The maximum Gasteiger partial charge on any atom is 0.407 e. The number of carbonyl (C=O) groups is 2. The van der Waals surface area contributed by atoms with Gasteiger partial charge in [0.2, 0.25) is 0 Å². The molecule has 1 fully saturated rings. The Morgan fingerprint density at radius 1 is 1.33 bits per heavy atom. The van der Waals surface area contributed by atoms with Crippen LogP contribution in [0.1, 0.15) is 18.4 Å². The summed E-state index contributed by atoms with van der Waals surface area (Å²) in [5.74, 6) is -0.478. The van der Waals surface area contributed by atoms with Crippen LogP contribution in [0.2, 0.25) is 0 Å². The summed E-state index contributed by atoms with van der Waals surface area (Å²) in [7, 11) is 4.92. The first-order valence-electron chi connectivity index (χ1n) is 7.73. The number of alkyl carbamates (subject to hydrolysis) is 1. The van der Waals surface area contributed by atoms with Crippen LogP contribution in [-0.4, -0.2) is 56.1 Å². The van der Waals surface area contributed by atoms with Crippen molar-refractivity contribution < 1.29 is 19.1 Å². The maximum absolute atomic E-state index is 12.1. The van der Waals surface area contributed by atoms with Crippen molar-refractivity contribution in [2.24, 2.45) is 4.99 Å². The van der Waals surface area contributed by atoms with Gasteiger partial charge in [-0.15, -0.1) is 0 Å². The van der Waals surface area contributed by atoms with Crippen molar-refractivity contribution in [3.63, 3.8) is 0 Å². The lowest BCUT2D eigenvalue weighted by molar-refractivity contribution is -0.143. The van der Waals surface area contributed by atoms with E-state index in [-0.39, 0.29) is 6.61 Å². The summed E-state index contributed by atoms with van der Waals surface area (Å²) in [6.45, 7) is 0.173. The number of amides is 1. The molecule has 1 aliphatic carbocycles. The predicted octanol–water partition coefficient (Wildman–Crippen LogP) is 1.58. The van der Waals surface area contributed by atoms with Gasteiger partial charge in [0.25, 0.3) is 0 Å². The molecular formula is C17H23N3O4. The molecule has 0 radical (unpaired) electrons. The van der Waals surface area contributed by atoms with Gasteiger partial charge in [-0.05, 0) is 18.4 Å². The quantitative estimate of drug-likeness (QED) is 0.465. The van der Waals surface area contributed by atoms with E-state index in [0.29, 0.717) is 12.8 Å². The third-order valence-corrected chi connectivity index (χ3v) is 3.75. The highest BCUT2D eigenvalue weighted by Gasteiger charge is 2.55. The molecule has 0 saturated heterocycles. The van der Waals surface area contributed by atoms with Gasteiger partial charge >= 0.3 is 12.1 Å². The van der Waals surface area contributed by atoms with E-state index >= 15 is 0 Å². The van der Waals surface area contributed by atoms with Gasteiger partial charge in [0.1, 0.15) is 6.61 Å². The average molecular weight is 333 g/mol. The van der Waals surface area contributed by atoms with Crippen LogP contribution in [0.15, 0.2) is 35.3 Å². The van der Waals surface area contributed by atoms with E-state index in [1.54, 1.807) is 25.3 Å². The normalized spacial score (nSPS) is 16.3. The molecule has 1 aliphatic rings. The molecule has 1 unspecified atom stereocenters. The molecule has 1 aromatic rings. The smallest absolute Gasteiger partial charge is 0.407 e. The zero-order valence-electron chi connectivity index (χ0n) is 14.2. The van der Waals surface area contributed by atoms with Crippen molar-refractivity contribution in [2.45, 2.75) is 31.0 Å². The van der Waals surface area contributed by atoms with Gasteiger partial charge in [-0.25, -0.2) is 9.59 Å². The van der Waals surface area contributed by atoms with E-state index in [1.165, 1.54) is 7.11 Å². The molecule has 0 spiro atoms. The van der Waals surface area contributed by atoms with Crippen LogP contribution in [0.5, 0.6) is 0 Å². The minimum atomic E-state index is -0.783. The van der Waals surface area contributed by atoms with Gasteiger partial charge in [-0.2, -0.15) is 0 Å². The summed E-state index contributed by atoms with van der Waals surface area (Å²) in [5, 5.41) is 2.78. The highest BCUT2D eigenvalue weighted by atomic mass is 16.5. The van der Waals surface area contributed by atoms with Crippen molar-refractivity contribution in [2.75, 3.05) is 21.2 Å². The van der Waals surface area contributed by atoms with Gasteiger partial charge < -0.3 is 19.7 Å². The molecule has 24 heavy (non-hydrogen) atoms. The predicted molar refractivity (Wildman–Crippen MR) is 89.7 cm³/mol. The first-order valence-corrected chi connectivity index (χ1v) is 7.73. The van der Waals surface area contributed by atoms with Crippen LogP contribution in [0, 0.1) is 0 Å². The summed E-state index contributed by atoms with van der Waals surface area (Å²) >= 11 is 0. The Kier molecular flexibility index (Phi) is 5.78. The number of aliphatic imine (C=N–C) groups is 1. The molecule has 0 aliphatic heterocycles. The number of methoxy groups -OCH3 is 1. The van der Waals surface area contributed by atoms with E-state index < -0.39 is 23.6 Å². The maximum atomic E-state index is 12.1. The van der Waals surface area contributed by atoms with Crippen LogP contribution < -0.4 is 5.32 Å². The molecule has 0 bridgehead atoms. The van der Waals surface area contributed by atoms with Crippen molar-refractivity contribution in [3.05, 3.63) is 35.9 Å². The second-order valence-corrected chi connectivity index (χ2v) is 6.00. The van der Waals surface area contributed by atoms with Crippen LogP contribution in [0.4, 0.5) is 4.79 Å². The Labute approximate surface area is 141 Å². The summed E-state index contributed by atoms with van der Waals surface area (Å²) < 4.78 is 10.0. The Hall–Kier alpha value is -2.57. The second-order valence-electron chi connectivity index (χ2n) is 6.00. The molecule has 2 rings (SSSR count). The van der Waals surface area contributed by atoms with Gasteiger partial charge in [0.05, 0.1) is 19.0 Å². The fourth-order valence-corrected chi connectivity index (χ4v) is 2.30. The summed E-state index contributed by atoms with van der Waals surface area (Å²) in [4.78, 5) is 30.1. The third kappa shape index (κ3) is 4.71.